The molecule has 0 spiro atoms. The molecule has 1 aromatic heterocycles. The lowest BCUT2D eigenvalue weighted by Gasteiger charge is -2.29. The van der Waals surface area contributed by atoms with Crippen molar-refractivity contribution in [1.29, 1.82) is 0 Å². The van der Waals surface area contributed by atoms with Crippen molar-refractivity contribution >= 4 is 28.2 Å². The van der Waals surface area contributed by atoms with E-state index in [-0.39, 0.29) is 0 Å². The zero-order valence-electron chi connectivity index (χ0n) is 18.3. The van der Waals surface area contributed by atoms with Crippen LogP contribution >= 0.6 is 11.3 Å². The second-order valence-corrected chi connectivity index (χ2v) is 9.80. The van der Waals surface area contributed by atoms with E-state index in [1.807, 2.05) is 12.3 Å². The summed E-state index contributed by atoms with van der Waals surface area (Å²) in [5.41, 5.74) is 10.1. The number of carbonyl (C=O) groups excluding carboxylic acids is 1. The Morgan fingerprint density at radius 1 is 1.22 bits per heavy atom. The molecule has 2 aromatic carbocycles. The summed E-state index contributed by atoms with van der Waals surface area (Å²) in [5, 5.41) is 1.05. The number of rotatable bonds is 7. The van der Waals surface area contributed by atoms with E-state index in [4.69, 9.17) is 15.5 Å². The van der Waals surface area contributed by atoms with Gasteiger partial charge in [-0.25, -0.2) is 9.78 Å². The van der Waals surface area contributed by atoms with Crippen molar-refractivity contribution in [3.05, 3.63) is 70.2 Å². The summed E-state index contributed by atoms with van der Waals surface area (Å²) in [4.78, 5) is 21.3. The van der Waals surface area contributed by atoms with E-state index < -0.39 is 6.03 Å². The predicted octanol–water partition coefficient (Wildman–Crippen LogP) is 4.60. The topological polar surface area (TPSA) is 71.7 Å². The molecule has 2 heterocycles. The monoisotopic (exact) mass is 448 g/mol. The lowest BCUT2D eigenvalue weighted by atomic mass is 9.99. The molecule has 2 aliphatic rings. The molecule has 0 bridgehead atoms. The molecule has 2 amide bonds. The summed E-state index contributed by atoms with van der Waals surface area (Å²) in [6, 6.07) is 14.1. The Bertz CT molecular complexity index is 1110. The number of primary amides is 1. The molecule has 166 valence electrons. The maximum atomic E-state index is 11.5. The van der Waals surface area contributed by atoms with Crippen LogP contribution in [0.25, 0.3) is 0 Å². The number of aromatic nitrogens is 1. The summed E-state index contributed by atoms with van der Waals surface area (Å²) in [6.07, 6.45) is 6.44. The standard InChI is InChI=1S/C25H28N4O2S/c1-28(24(26)30)21-7-6-19-10-11-29(15-20(19)13-21)25-27-14-23(32-25)12-17-4-8-22(9-5-17)31-16-18-2-3-18/h4-9,13-14,18H,2-3,10-12,15-16H2,1H3,(H2,26,30). The van der Waals surface area contributed by atoms with E-state index in [1.54, 1.807) is 18.4 Å². The van der Waals surface area contributed by atoms with Crippen molar-refractivity contribution in [3.8, 4) is 5.75 Å². The van der Waals surface area contributed by atoms with Gasteiger partial charge in [0, 0.05) is 43.3 Å². The Morgan fingerprint density at radius 3 is 2.78 bits per heavy atom. The van der Waals surface area contributed by atoms with E-state index in [9.17, 15) is 4.79 Å². The molecule has 0 atom stereocenters. The number of thiazole rings is 1. The first-order valence-corrected chi connectivity index (χ1v) is 11.9. The van der Waals surface area contributed by atoms with Gasteiger partial charge in [-0.15, -0.1) is 11.3 Å². The number of hydrogen-bond acceptors (Lipinski definition) is 5. The molecule has 1 aliphatic heterocycles. The number of amides is 2. The van der Waals surface area contributed by atoms with Crippen LogP contribution in [0.2, 0.25) is 0 Å². The van der Waals surface area contributed by atoms with Gasteiger partial charge in [0.15, 0.2) is 5.13 Å². The molecule has 1 fully saturated rings. The quantitative estimate of drug-likeness (QED) is 0.573. The Hall–Kier alpha value is -3.06. The summed E-state index contributed by atoms with van der Waals surface area (Å²) in [5.74, 6) is 1.72. The molecule has 0 unspecified atom stereocenters. The van der Waals surface area contributed by atoms with Crippen LogP contribution in [0.5, 0.6) is 5.75 Å². The Kier molecular flexibility index (Phi) is 5.74. The normalized spacial score (nSPS) is 15.3. The zero-order chi connectivity index (χ0) is 22.1. The van der Waals surface area contributed by atoms with Gasteiger partial charge in [0.2, 0.25) is 0 Å². The Balaban J connectivity index is 1.23. The number of hydrogen-bond donors (Lipinski definition) is 1. The van der Waals surface area contributed by atoms with Gasteiger partial charge in [0.05, 0.1) is 6.61 Å². The molecule has 32 heavy (non-hydrogen) atoms. The molecule has 1 aliphatic carbocycles. The predicted molar refractivity (Wildman–Crippen MR) is 129 cm³/mol. The van der Waals surface area contributed by atoms with Gasteiger partial charge in [0.1, 0.15) is 5.75 Å². The largest absolute Gasteiger partial charge is 0.493 e. The number of carbonyl (C=O) groups is 1. The third kappa shape index (κ3) is 4.72. The smallest absolute Gasteiger partial charge is 0.318 e. The van der Waals surface area contributed by atoms with Crippen molar-refractivity contribution in [2.75, 3.05) is 30.0 Å². The van der Waals surface area contributed by atoms with Crippen molar-refractivity contribution < 1.29 is 9.53 Å². The van der Waals surface area contributed by atoms with Gasteiger partial charge in [-0.1, -0.05) is 18.2 Å². The SMILES string of the molecule is CN(C(N)=O)c1ccc2c(c1)CN(c1ncc(Cc3ccc(OCC4CC4)cc3)s1)CC2. The van der Waals surface area contributed by atoms with E-state index in [0.717, 1.165) is 55.0 Å². The zero-order valence-corrected chi connectivity index (χ0v) is 19.1. The van der Waals surface area contributed by atoms with Crippen LogP contribution < -0.4 is 20.3 Å². The van der Waals surface area contributed by atoms with Crippen LogP contribution in [-0.2, 0) is 19.4 Å². The number of nitrogens with two attached hydrogens (primary N) is 1. The fourth-order valence-electron chi connectivity index (χ4n) is 3.97. The molecule has 3 aromatic rings. The number of benzene rings is 2. The van der Waals surface area contributed by atoms with Crippen LogP contribution in [0.15, 0.2) is 48.7 Å². The van der Waals surface area contributed by atoms with Crippen LogP contribution in [0, 0.1) is 5.92 Å². The van der Waals surface area contributed by atoms with Gasteiger partial charge in [-0.05, 0) is 66.1 Å². The average molecular weight is 449 g/mol. The van der Waals surface area contributed by atoms with Gasteiger partial charge < -0.3 is 15.4 Å². The minimum absolute atomic E-state index is 0.454. The van der Waals surface area contributed by atoms with Crippen LogP contribution in [-0.4, -0.2) is 31.2 Å². The average Bonchev–Trinajstić information content (AvgIpc) is 3.53. The fraction of sp³-hybridized carbons (Fsp3) is 0.360. The molecule has 7 heteroatoms. The molecular weight excluding hydrogens is 420 g/mol. The molecule has 0 radical (unpaired) electrons. The van der Waals surface area contributed by atoms with Crippen LogP contribution in [0.3, 0.4) is 0 Å². The highest BCUT2D eigenvalue weighted by molar-refractivity contribution is 7.15. The summed E-state index contributed by atoms with van der Waals surface area (Å²) in [6.45, 7) is 2.57. The first kappa shape index (κ1) is 20.8. The number of fused-ring (bicyclic) bond motifs is 1. The number of nitrogens with zero attached hydrogens (tertiary/aromatic N) is 3. The maximum absolute atomic E-state index is 11.5. The van der Waals surface area contributed by atoms with Crippen LogP contribution in [0.4, 0.5) is 15.6 Å². The first-order valence-electron chi connectivity index (χ1n) is 11.1. The summed E-state index contributed by atoms with van der Waals surface area (Å²) in [7, 11) is 1.70. The summed E-state index contributed by atoms with van der Waals surface area (Å²) < 4.78 is 5.84. The van der Waals surface area contributed by atoms with Crippen LogP contribution in [0.1, 0.15) is 34.4 Å². The third-order valence-electron chi connectivity index (χ3n) is 6.22. The maximum Gasteiger partial charge on any atom is 0.318 e. The second-order valence-electron chi connectivity index (χ2n) is 8.71. The van der Waals surface area contributed by atoms with E-state index in [0.29, 0.717) is 0 Å². The van der Waals surface area contributed by atoms with Gasteiger partial charge in [0.25, 0.3) is 0 Å². The van der Waals surface area contributed by atoms with E-state index in [2.05, 4.69) is 41.3 Å². The minimum Gasteiger partial charge on any atom is -0.493 e. The summed E-state index contributed by atoms with van der Waals surface area (Å²) >= 11 is 1.75. The third-order valence-corrected chi connectivity index (χ3v) is 7.27. The highest BCUT2D eigenvalue weighted by Gasteiger charge is 2.22. The first-order chi connectivity index (χ1) is 15.5. The number of ether oxygens (including phenoxy) is 1. The van der Waals surface area contributed by atoms with Gasteiger partial charge in [-0.3, -0.25) is 4.90 Å². The minimum atomic E-state index is -0.454. The van der Waals surface area contributed by atoms with E-state index in [1.165, 1.54) is 39.3 Å². The second kappa shape index (κ2) is 8.82. The molecule has 0 saturated heterocycles. The van der Waals surface area contributed by atoms with Gasteiger partial charge in [-0.2, -0.15) is 0 Å². The lowest BCUT2D eigenvalue weighted by Crippen LogP contribution is -2.33. The number of anilines is 2. The highest BCUT2D eigenvalue weighted by atomic mass is 32.1. The highest BCUT2D eigenvalue weighted by Crippen LogP contribution is 2.32. The molecular formula is C25H28N4O2S. The fourth-order valence-corrected chi connectivity index (χ4v) is 4.94. The molecule has 6 nitrogen and oxygen atoms in total. The Morgan fingerprint density at radius 2 is 2.03 bits per heavy atom. The lowest BCUT2D eigenvalue weighted by molar-refractivity contribution is 0.255. The van der Waals surface area contributed by atoms with E-state index >= 15 is 0 Å². The molecule has 2 N–H and O–H groups in total. The van der Waals surface area contributed by atoms with Crippen molar-refractivity contribution in [2.45, 2.75) is 32.2 Å². The van der Waals surface area contributed by atoms with Gasteiger partial charge >= 0.3 is 6.03 Å². The van der Waals surface area contributed by atoms with Crippen molar-refractivity contribution in [3.63, 3.8) is 0 Å². The molecule has 1 saturated carbocycles. The van der Waals surface area contributed by atoms with Crippen molar-refractivity contribution in [2.24, 2.45) is 11.7 Å². The molecule has 5 rings (SSSR count). The van der Waals surface area contributed by atoms with Crippen molar-refractivity contribution in [1.82, 2.24) is 4.98 Å². The Labute approximate surface area is 192 Å². The number of urea groups is 1.